The second kappa shape index (κ2) is 21.1. The maximum atomic E-state index is 10.4. The van der Waals surface area contributed by atoms with Crippen LogP contribution in [0.2, 0.25) is 0 Å². The summed E-state index contributed by atoms with van der Waals surface area (Å²) in [7, 11) is -8.54. The predicted octanol–water partition coefficient (Wildman–Crippen LogP) is 2.42. The molecular formula is C40H48N2O8S2. The Labute approximate surface area is 307 Å². The number of hydrogen-bond donors (Lipinski definition) is 2. The SMILES string of the molecule is C(=C\c1ccccc1)/C[NH+]1CC[NH+](C(c2ccccc2)c2ccccc2)CC1.Cc1ccc(S(=O)(=O)[O-])cc1.Cc1ccc(S(=O)(=O)[O-])cc1.O.O. The van der Waals surface area contributed by atoms with Crippen LogP contribution in [0.5, 0.6) is 0 Å². The Bertz CT molecular complexity index is 1870. The molecule has 0 radical (unpaired) electrons. The molecule has 1 aliphatic heterocycles. The smallest absolute Gasteiger partial charge is 0.139 e. The molecule has 6 rings (SSSR count). The number of rotatable bonds is 8. The molecule has 12 heteroatoms. The summed E-state index contributed by atoms with van der Waals surface area (Å²) in [5, 5.41) is 0. The average Bonchev–Trinajstić information content (AvgIpc) is 3.11. The van der Waals surface area contributed by atoms with E-state index in [1.807, 2.05) is 13.8 Å². The third kappa shape index (κ3) is 14.3. The Balaban J connectivity index is 0.000000323. The van der Waals surface area contributed by atoms with Crippen molar-refractivity contribution in [2.24, 2.45) is 0 Å². The van der Waals surface area contributed by atoms with Crippen LogP contribution in [-0.2, 0) is 20.2 Å². The van der Waals surface area contributed by atoms with Gasteiger partial charge in [-0.1, -0.05) is 132 Å². The van der Waals surface area contributed by atoms with Crippen LogP contribution in [0, 0.1) is 13.8 Å². The molecule has 1 saturated heterocycles. The number of benzene rings is 5. The van der Waals surface area contributed by atoms with Crippen molar-refractivity contribution in [1.82, 2.24) is 0 Å². The average molecular weight is 749 g/mol. The molecule has 0 aromatic heterocycles. The summed E-state index contributed by atoms with van der Waals surface area (Å²) in [4.78, 5) is 3.02. The van der Waals surface area contributed by atoms with Gasteiger partial charge >= 0.3 is 0 Å². The molecule has 10 nitrogen and oxygen atoms in total. The predicted molar refractivity (Wildman–Crippen MR) is 202 cm³/mol. The highest BCUT2D eigenvalue weighted by Gasteiger charge is 2.31. The molecule has 5 aromatic rings. The van der Waals surface area contributed by atoms with Gasteiger partial charge in [-0.25, -0.2) is 16.8 Å². The monoisotopic (exact) mass is 748 g/mol. The summed E-state index contributed by atoms with van der Waals surface area (Å²) in [5.74, 6) is 0. The van der Waals surface area contributed by atoms with Crippen LogP contribution in [-0.4, -0.2) is 69.6 Å². The molecule has 0 bridgehead atoms. The van der Waals surface area contributed by atoms with E-state index >= 15 is 0 Å². The fourth-order valence-corrected chi connectivity index (χ4v) is 6.65. The van der Waals surface area contributed by atoms with Crippen molar-refractivity contribution < 1.29 is 46.7 Å². The zero-order valence-corrected chi connectivity index (χ0v) is 30.9. The molecule has 6 N–H and O–H groups in total. The van der Waals surface area contributed by atoms with Crippen molar-refractivity contribution >= 4 is 26.3 Å². The number of hydrogen-bond acceptors (Lipinski definition) is 6. The molecule has 0 aliphatic carbocycles. The summed E-state index contributed by atoms with van der Waals surface area (Å²) in [5.41, 5.74) is 6.00. The van der Waals surface area contributed by atoms with Crippen LogP contribution < -0.4 is 9.80 Å². The van der Waals surface area contributed by atoms with Gasteiger partial charge in [-0.3, -0.25) is 0 Å². The summed E-state index contributed by atoms with van der Waals surface area (Å²) in [6.45, 7) is 9.63. The first-order valence-corrected chi connectivity index (χ1v) is 19.3. The molecule has 0 unspecified atom stereocenters. The van der Waals surface area contributed by atoms with Crippen LogP contribution in [0.4, 0.5) is 0 Å². The molecule has 0 saturated carbocycles. The maximum Gasteiger partial charge on any atom is 0.139 e. The van der Waals surface area contributed by atoms with Gasteiger partial charge in [0.25, 0.3) is 0 Å². The lowest BCUT2D eigenvalue weighted by molar-refractivity contribution is -1.02. The normalized spacial score (nSPS) is 15.6. The van der Waals surface area contributed by atoms with Crippen molar-refractivity contribution in [1.29, 1.82) is 0 Å². The highest BCUT2D eigenvalue weighted by atomic mass is 32.2. The van der Waals surface area contributed by atoms with Crippen LogP contribution in [0.1, 0.15) is 33.9 Å². The lowest BCUT2D eigenvalue weighted by Crippen LogP contribution is -3.28. The molecule has 1 fully saturated rings. The minimum atomic E-state index is -4.27. The summed E-state index contributed by atoms with van der Waals surface area (Å²) in [6.07, 6.45) is 4.59. The van der Waals surface area contributed by atoms with Crippen molar-refractivity contribution in [3.8, 4) is 0 Å². The Hall–Kier alpha value is -4.50. The zero-order valence-electron chi connectivity index (χ0n) is 29.3. The van der Waals surface area contributed by atoms with Gasteiger partial charge in [-0.2, -0.15) is 0 Å². The second-order valence-corrected chi connectivity index (χ2v) is 15.0. The molecule has 1 heterocycles. The van der Waals surface area contributed by atoms with E-state index in [1.54, 1.807) is 34.1 Å². The van der Waals surface area contributed by atoms with Crippen LogP contribution in [0.25, 0.3) is 6.08 Å². The highest BCUT2D eigenvalue weighted by molar-refractivity contribution is 7.86. The molecule has 0 atom stereocenters. The molecular weight excluding hydrogens is 701 g/mol. The van der Waals surface area contributed by atoms with Gasteiger partial charge < -0.3 is 29.9 Å². The van der Waals surface area contributed by atoms with Crippen LogP contribution >= 0.6 is 0 Å². The van der Waals surface area contributed by atoms with Gasteiger partial charge in [0.1, 0.15) is 52.5 Å². The highest BCUT2D eigenvalue weighted by Crippen LogP contribution is 2.19. The Morgan fingerprint density at radius 3 is 1.29 bits per heavy atom. The molecule has 278 valence electrons. The lowest BCUT2D eigenvalue weighted by atomic mass is 9.96. The van der Waals surface area contributed by atoms with E-state index in [-0.39, 0.29) is 20.7 Å². The lowest BCUT2D eigenvalue weighted by Gasteiger charge is -2.34. The molecule has 0 spiro atoms. The molecule has 52 heavy (non-hydrogen) atoms. The van der Waals surface area contributed by atoms with Gasteiger partial charge in [0.15, 0.2) is 0 Å². The van der Waals surface area contributed by atoms with E-state index < -0.39 is 20.2 Å². The fourth-order valence-electron chi connectivity index (χ4n) is 5.71. The minimum absolute atomic E-state index is 0. The third-order valence-corrected chi connectivity index (χ3v) is 10.1. The second-order valence-electron chi connectivity index (χ2n) is 12.2. The van der Waals surface area contributed by atoms with Gasteiger partial charge in [-0.15, -0.1) is 0 Å². The van der Waals surface area contributed by atoms with E-state index in [9.17, 15) is 25.9 Å². The standard InChI is InChI=1S/C26H28N2.2C7H8O3S.2H2O/c1-4-11-23(12-5-1)13-10-18-27-19-21-28(22-20-27)26(24-14-6-2-7-15-24)25-16-8-3-9-17-25;2*1-6-2-4-7(5-3-6)11(8,9)10;;/h1-17,26H,18-22H2;2*2-5H,1H3,(H,8,9,10);2*1H2/b13-10+;;;;. The van der Waals surface area contributed by atoms with Gasteiger partial charge in [-0.05, 0) is 49.8 Å². The van der Waals surface area contributed by atoms with Crippen molar-refractivity contribution in [3.63, 3.8) is 0 Å². The van der Waals surface area contributed by atoms with Crippen molar-refractivity contribution in [3.05, 3.63) is 173 Å². The number of aryl methyl sites for hydroxylation is 2. The van der Waals surface area contributed by atoms with Gasteiger partial charge in [0.2, 0.25) is 0 Å². The number of nitrogens with one attached hydrogen (secondary N) is 2. The molecule has 5 aromatic carbocycles. The van der Waals surface area contributed by atoms with E-state index in [1.165, 1.54) is 67.1 Å². The first kappa shape index (κ1) is 43.7. The van der Waals surface area contributed by atoms with Crippen molar-refractivity contribution in [2.75, 3.05) is 32.7 Å². The first-order chi connectivity index (χ1) is 23.9. The first-order valence-electron chi connectivity index (χ1n) is 16.4. The van der Waals surface area contributed by atoms with Crippen LogP contribution in [0.15, 0.2) is 155 Å². The van der Waals surface area contributed by atoms with E-state index in [2.05, 4.69) is 103 Å². The Morgan fingerprint density at radius 1 is 0.558 bits per heavy atom. The fraction of sp³-hybridized carbons (Fsp3) is 0.200. The molecule has 1 aliphatic rings. The molecule has 0 amide bonds. The van der Waals surface area contributed by atoms with Crippen LogP contribution in [0.3, 0.4) is 0 Å². The Morgan fingerprint density at radius 2 is 0.923 bits per heavy atom. The summed E-state index contributed by atoms with van der Waals surface area (Å²) < 4.78 is 62.3. The minimum Gasteiger partial charge on any atom is -0.744 e. The van der Waals surface area contributed by atoms with E-state index in [0.29, 0.717) is 6.04 Å². The quantitative estimate of drug-likeness (QED) is 0.230. The largest absolute Gasteiger partial charge is 0.744 e. The van der Waals surface area contributed by atoms with E-state index in [4.69, 9.17) is 0 Å². The number of piperazine rings is 1. The van der Waals surface area contributed by atoms with Gasteiger partial charge in [0.05, 0.1) is 16.3 Å². The van der Waals surface area contributed by atoms with Gasteiger partial charge in [0, 0.05) is 11.1 Å². The maximum absolute atomic E-state index is 10.4. The third-order valence-electron chi connectivity index (χ3n) is 8.41. The Kier molecular flexibility index (Phi) is 17.7. The van der Waals surface area contributed by atoms with Crippen molar-refractivity contribution in [2.45, 2.75) is 29.7 Å². The topological polar surface area (TPSA) is 186 Å². The number of quaternary nitrogens is 2. The summed E-state index contributed by atoms with van der Waals surface area (Å²) in [6, 6.07) is 44.6. The zero-order chi connectivity index (χ0) is 36.0. The summed E-state index contributed by atoms with van der Waals surface area (Å²) >= 11 is 0. The van der Waals surface area contributed by atoms with E-state index in [0.717, 1.165) is 17.7 Å².